The summed E-state index contributed by atoms with van der Waals surface area (Å²) in [4.78, 5) is 30.4. The zero-order valence-corrected chi connectivity index (χ0v) is 22.1. The molecule has 1 N–H and O–H groups in total. The number of aliphatic imine (C=N–C) groups is 1. The first-order valence-corrected chi connectivity index (χ1v) is 14.4. The van der Waals surface area contributed by atoms with Crippen LogP contribution in [0.15, 0.2) is 16.0 Å². The number of amides is 1. The standard InChI is InChI=1S/C27H48N2O3S/c1-3-5-7-9-11-13-15-17-19-21-28-27-29(26(32)24(33-27)23-25(30)31)22-20-18-16-14-12-10-8-6-4-2/h23H,3-22H2,1-2H3,(H,30,31)/b24-23-,28-27?. The molecule has 0 aromatic carbocycles. The quantitative estimate of drug-likeness (QED) is 0.134. The third kappa shape index (κ3) is 14.5. The van der Waals surface area contributed by atoms with Crippen molar-refractivity contribution in [3.63, 3.8) is 0 Å². The molecule has 0 spiro atoms. The minimum Gasteiger partial charge on any atom is -0.478 e. The van der Waals surface area contributed by atoms with Crippen molar-refractivity contribution in [1.29, 1.82) is 0 Å². The minimum atomic E-state index is -1.07. The van der Waals surface area contributed by atoms with E-state index in [2.05, 4.69) is 18.8 Å². The molecular weight excluding hydrogens is 432 g/mol. The summed E-state index contributed by atoms with van der Waals surface area (Å²) >= 11 is 1.22. The number of thioether (sulfide) groups is 1. The van der Waals surface area contributed by atoms with Gasteiger partial charge in [0.25, 0.3) is 5.91 Å². The van der Waals surface area contributed by atoms with Crippen LogP contribution in [0.3, 0.4) is 0 Å². The number of nitrogens with zero attached hydrogens (tertiary/aromatic N) is 2. The van der Waals surface area contributed by atoms with Gasteiger partial charge in [-0.1, -0.05) is 117 Å². The number of rotatable bonds is 21. The van der Waals surface area contributed by atoms with E-state index in [0.717, 1.165) is 25.3 Å². The molecule has 1 aliphatic rings. The van der Waals surface area contributed by atoms with Crippen molar-refractivity contribution < 1.29 is 14.7 Å². The highest BCUT2D eigenvalue weighted by atomic mass is 32.2. The van der Waals surface area contributed by atoms with E-state index in [4.69, 9.17) is 5.11 Å². The second kappa shape index (κ2) is 20.1. The summed E-state index contributed by atoms with van der Waals surface area (Å²) in [5.74, 6) is -1.28. The molecule has 33 heavy (non-hydrogen) atoms. The smallest absolute Gasteiger partial charge is 0.329 e. The van der Waals surface area contributed by atoms with E-state index >= 15 is 0 Å². The van der Waals surface area contributed by atoms with Crippen molar-refractivity contribution in [2.45, 2.75) is 129 Å². The van der Waals surface area contributed by atoms with Gasteiger partial charge >= 0.3 is 5.97 Å². The Kier molecular flexibility index (Phi) is 18.1. The number of hydrogen-bond acceptors (Lipinski definition) is 4. The van der Waals surface area contributed by atoms with Crippen LogP contribution in [0.5, 0.6) is 0 Å². The Hall–Kier alpha value is -1.30. The lowest BCUT2D eigenvalue weighted by atomic mass is 10.1. The fourth-order valence-corrected chi connectivity index (χ4v) is 5.11. The highest BCUT2D eigenvalue weighted by Crippen LogP contribution is 2.31. The number of carboxylic acid groups (broad SMARTS) is 1. The van der Waals surface area contributed by atoms with Gasteiger partial charge in [0.05, 0.1) is 4.91 Å². The molecule has 0 aliphatic carbocycles. The summed E-state index contributed by atoms with van der Waals surface area (Å²) in [6, 6.07) is 0. The van der Waals surface area contributed by atoms with E-state index in [1.54, 1.807) is 4.90 Å². The first-order valence-electron chi connectivity index (χ1n) is 13.6. The Balaban J connectivity index is 2.35. The molecule has 1 aliphatic heterocycles. The number of carboxylic acids is 1. The fraction of sp³-hybridized carbons (Fsp3) is 0.815. The van der Waals surface area contributed by atoms with Gasteiger partial charge in [-0.2, -0.15) is 0 Å². The Labute approximate surface area is 206 Å². The molecule has 0 aromatic rings. The van der Waals surface area contributed by atoms with Gasteiger partial charge < -0.3 is 5.11 Å². The van der Waals surface area contributed by atoms with Crippen LogP contribution < -0.4 is 0 Å². The fourth-order valence-electron chi connectivity index (χ4n) is 4.11. The molecule has 1 rings (SSSR count). The summed E-state index contributed by atoms with van der Waals surface area (Å²) in [7, 11) is 0. The van der Waals surface area contributed by atoms with Crippen LogP contribution in [-0.2, 0) is 9.59 Å². The second-order valence-corrected chi connectivity index (χ2v) is 10.2. The van der Waals surface area contributed by atoms with Gasteiger partial charge in [-0.25, -0.2) is 4.79 Å². The average Bonchev–Trinajstić information content (AvgIpc) is 3.07. The molecule has 5 nitrogen and oxygen atoms in total. The largest absolute Gasteiger partial charge is 0.478 e. The molecule has 6 heteroatoms. The lowest BCUT2D eigenvalue weighted by Gasteiger charge is -2.15. The minimum absolute atomic E-state index is 0.201. The molecule has 1 fully saturated rings. The zero-order chi connectivity index (χ0) is 24.2. The Bertz CT molecular complexity index is 604. The number of carbonyl (C=O) groups is 2. The van der Waals surface area contributed by atoms with Gasteiger partial charge in [-0.05, 0) is 24.6 Å². The van der Waals surface area contributed by atoms with Gasteiger partial charge in [0, 0.05) is 19.2 Å². The van der Waals surface area contributed by atoms with Gasteiger partial charge in [0.15, 0.2) is 5.17 Å². The normalized spacial score (nSPS) is 16.4. The summed E-state index contributed by atoms with van der Waals surface area (Å²) in [5, 5.41) is 9.77. The maximum Gasteiger partial charge on any atom is 0.329 e. The molecule has 1 saturated heterocycles. The Morgan fingerprint density at radius 2 is 1.24 bits per heavy atom. The van der Waals surface area contributed by atoms with Gasteiger partial charge in [-0.3, -0.25) is 14.7 Å². The zero-order valence-electron chi connectivity index (χ0n) is 21.3. The predicted molar refractivity (Wildman–Crippen MR) is 142 cm³/mol. The summed E-state index contributed by atoms with van der Waals surface area (Å²) in [5.41, 5.74) is 0. The average molecular weight is 481 g/mol. The van der Waals surface area contributed by atoms with E-state index < -0.39 is 5.97 Å². The van der Waals surface area contributed by atoms with E-state index in [1.165, 1.54) is 108 Å². The SMILES string of the molecule is CCCCCCCCCCCN=C1S/C(=C\C(=O)O)C(=O)N1CCCCCCCCCCC. The number of carbonyl (C=O) groups excluding carboxylic acids is 1. The Morgan fingerprint density at radius 1 is 0.788 bits per heavy atom. The molecule has 0 radical (unpaired) electrons. The number of amidine groups is 1. The maximum atomic E-state index is 12.7. The van der Waals surface area contributed by atoms with E-state index in [0.29, 0.717) is 18.3 Å². The van der Waals surface area contributed by atoms with Gasteiger partial charge in [-0.15, -0.1) is 0 Å². The highest BCUT2D eigenvalue weighted by Gasteiger charge is 2.33. The van der Waals surface area contributed by atoms with Crippen LogP contribution in [0.2, 0.25) is 0 Å². The summed E-state index contributed by atoms with van der Waals surface area (Å²) in [6.45, 7) is 5.83. The van der Waals surface area contributed by atoms with Crippen LogP contribution in [0.4, 0.5) is 0 Å². The molecule has 1 heterocycles. The molecule has 1 amide bonds. The molecule has 0 aromatic heterocycles. The molecule has 0 unspecified atom stereocenters. The topological polar surface area (TPSA) is 70.0 Å². The van der Waals surface area contributed by atoms with Crippen LogP contribution in [0, 0.1) is 0 Å². The summed E-state index contributed by atoms with van der Waals surface area (Å²) in [6.07, 6.45) is 23.5. The monoisotopic (exact) mass is 480 g/mol. The molecule has 0 saturated carbocycles. The van der Waals surface area contributed by atoms with Crippen LogP contribution >= 0.6 is 11.8 Å². The van der Waals surface area contributed by atoms with Crippen LogP contribution in [-0.4, -0.2) is 40.1 Å². The molecule has 0 bridgehead atoms. The van der Waals surface area contributed by atoms with Crippen molar-refractivity contribution >= 4 is 28.8 Å². The second-order valence-electron chi connectivity index (χ2n) is 9.23. The van der Waals surface area contributed by atoms with Crippen LogP contribution in [0.25, 0.3) is 0 Å². The van der Waals surface area contributed by atoms with Crippen molar-refractivity contribution in [2.75, 3.05) is 13.1 Å². The third-order valence-corrected chi connectivity index (χ3v) is 7.18. The highest BCUT2D eigenvalue weighted by molar-refractivity contribution is 8.18. The summed E-state index contributed by atoms with van der Waals surface area (Å²) < 4.78 is 0. The first-order chi connectivity index (χ1) is 16.1. The van der Waals surface area contributed by atoms with Crippen molar-refractivity contribution in [3.8, 4) is 0 Å². The van der Waals surface area contributed by atoms with Gasteiger partial charge in [0.2, 0.25) is 0 Å². The van der Waals surface area contributed by atoms with Crippen LogP contribution in [0.1, 0.15) is 129 Å². The Morgan fingerprint density at radius 3 is 1.73 bits per heavy atom. The predicted octanol–water partition coefficient (Wildman–Crippen LogP) is 7.95. The van der Waals surface area contributed by atoms with E-state index in [9.17, 15) is 9.59 Å². The van der Waals surface area contributed by atoms with Gasteiger partial charge in [0.1, 0.15) is 0 Å². The molecule has 0 atom stereocenters. The first kappa shape index (κ1) is 29.7. The van der Waals surface area contributed by atoms with E-state index in [-0.39, 0.29) is 10.8 Å². The van der Waals surface area contributed by atoms with Crippen molar-refractivity contribution in [2.24, 2.45) is 4.99 Å². The molecular formula is C27H48N2O3S. The van der Waals surface area contributed by atoms with Crippen molar-refractivity contribution in [3.05, 3.63) is 11.0 Å². The van der Waals surface area contributed by atoms with E-state index in [1.807, 2.05) is 0 Å². The third-order valence-electron chi connectivity index (χ3n) is 6.14. The lowest BCUT2D eigenvalue weighted by molar-refractivity contribution is -0.132. The number of hydrogen-bond donors (Lipinski definition) is 1. The number of aliphatic carboxylic acids is 1. The van der Waals surface area contributed by atoms with Crippen molar-refractivity contribution in [1.82, 2.24) is 4.90 Å². The lowest BCUT2D eigenvalue weighted by Crippen LogP contribution is -2.30. The molecule has 190 valence electrons. The number of unbranched alkanes of at least 4 members (excludes halogenated alkanes) is 16. The maximum absolute atomic E-state index is 12.7.